The van der Waals surface area contributed by atoms with Gasteiger partial charge in [-0.1, -0.05) is 30.3 Å². The van der Waals surface area contributed by atoms with Crippen LogP contribution in [0.4, 0.5) is 5.69 Å². The Labute approximate surface area is 190 Å². The lowest BCUT2D eigenvalue weighted by Gasteiger charge is -2.25. The molecule has 1 fully saturated rings. The quantitative estimate of drug-likeness (QED) is 0.587. The van der Waals surface area contributed by atoms with Gasteiger partial charge in [0.25, 0.3) is 0 Å². The Morgan fingerprint density at radius 2 is 1.72 bits per heavy atom. The Morgan fingerprint density at radius 1 is 1.06 bits per heavy atom. The number of para-hydroxylation sites is 1. The van der Waals surface area contributed by atoms with Crippen molar-refractivity contribution in [2.45, 2.75) is 58.6 Å². The highest BCUT2D eigenvalue weighted by molar-refractivity contribution is 5.80. The number of carbonyl (C=O) groups excluding carboxylic acids is 2. The molecule has 0 saturated carbocycles. The molecule has 0 aromatic heterocycles. The van der Waals surface area contributed by atoms with E-state index < -0.39 is 11.6 Å². The molecular weight excluding hydrogens is 404 g/mol. The van der Waals surface area contributed by atoms with Gasteiger partial charge in [-0.05, 0) is 69.9 Å². The smallest absolute Gasteiger partial charge is 0.349 e. The first-order valence-electron chi connectivity index (χ1n) is 11.4. The van der Waals surface area contributed by atoms with Crippen LogP contribution >= 0.6 is 0 Å². The van der Waals surface area contributed by atoms with E-state index in [0.29, 0.717) is 12.4 Å². The van der Waals surface area contributed by atoms with Gasteiger partial charge >= 0.3 is 5.97 Å². The Kier molecular flexibility index (Phi) is 7.78. The van der Waals surface area contributed by atoms with E-state index in [2.05, 4.69) is 28.4 Å². The van der Waals surface area contributed by atoms with E-state index in [1.54, 1.807) is 32.9 Å². The molecule has 1 atom stereocenters. The molecule has 32 heavy (non-hydrogen) atoms. The lowest BCUT2D eigenvalue weighted by atomic mass is 10.0. The molecule has 2 aromatic rings. The normalized spacial score (nSPS) is 14.7. The summed E-state index contributed by atoms with van der Waals surface area (Å²) in [6.45, 7) is 9.58. The molecule has 0 spiro atoms. The van der Waals surface area contributed by atoms with Crippen LogP contribution in [0.5, 0.6) is 5.75 Å². The van der Waals surface area contributed by atoms with Gasteiger partial charge in [0.05, 0.1) is 19.1 Å². The van der Waals surface area contributed by atoms with Crippen molar-refractivity contribution in [2.24, 2.45) is 0 Å². The number of carbonyl (C=O) groups is 2. The van der Waals surface area contributed by atoms with Gasteiger partial charge in [-0.3, -0.25) is 4.79 Å². The van der Waals surface area contributed by atoms with Crippen LogP contribution in [0.3, 0.4) is 0 Å². The molecule has 1 saturated heterocycles. The molecule has 1 heterocycles. The molecule has 6 heteroatoms. The lowest BCUT2D eigenvalue weighted by molar-refractivity contribution is -0.158. The average molecular weight is 439 g/mol. The van der Waals surface area contributed by atoms with Crippen molar-refractivity contribution < 1.29 is 19.1 Å². The van der Waals surface area contributed by atoms with Gasteiger partial charge in [-0.25, -0.2) is 4.79 Å². The van der Waals surface area contributed by atoms with Crippen molar-refractivity contribution >= 4 is 17.6 Å². The van der Waals surface area contributed by atoms with Crippen LogP contribution < -0.4 is 15.0 Å². The van der Waals surface area contributed by atoms with Crippen LogP contribution in [-0.4, -0.2) is 37.2 Å². The maximum absolute atomic E-state index is 12.7. The van der Waals surface area contributed by atoms with Crippen LogP contribution in [-0.2, 0) is 20.7 Å². The Morgan fingerprint density at radius 3 is 2.38 bits per heavy atom. The van der Waals surface area contributed by atoms with Gasteiger partial charge in [-0.15, -0.1) is 0 Å². The summed E-state index contributed by atoms with van der Waals surface area (Å²) in [7, 11) is 0. The van der Waals surface area contributed by atoms with Crippen LogP contribution in [0.1, 0.15) is 57.7 Å². The summed E-state index contributed by atoms with van der Waals surface area (Å²) in [6.07, 6.45) is 2.70. The van der Waals surface area contributed by atoms with Crippen LogP contribution in [0.2, 0.25) is 0 Å². The second kappa shape index (κ2) is 10.5. The van der Waals surface area contributed by atoms with Crippen molar-refractivity contribution in [1.82, 2.24) is 5.32 Å². The van der Waals surface area contributed by atoms with E-state index in [4.69, 9.17) is 9.47 Å². The molecule has 1 unspecified atom stereocenters. The Bertz CT molecular complexity index is 918. The third-order valence-corrected chi connectivity index (χ3v) is 5.66. The molecule has 0 bridgehead atoms. The molecular formula is C26H34N2O4. The maximum atomic E-state index is 12.7. The lowest BCUT2D eigenvalue weighted by Crippen LogP contribution is -2.39. The maximum Gasteiger partial charge on any atom is 0.349 e. The number of esters is 1. The van der Waals surface area contributed by atoms with E-state index in [1.165, 1.54) is 18.5 Å². The third kappa shape index (κ3) is 6.02. The minimum absolute atomic E-state index is 0.0331. The van der Waals surface area contributed by atoms with Crippen molar-refractivity contribution in [3.05, 3.63) is 59.7 Å². The van der Waals surface area contributed by atoms with E-state index in [9.17, 15) is 9.59 Å². The third-order valence-electron chi connectivity index (χ3n) is 5.66. The van der Waals surface area contributed by atoms with Crippen molar-refractivity contribution in [3.63, 3.8) is 0 Å². The standard InChI is InChI=1S/C26H34N2O4/c1-5-31-25(30)26(3,4)32-21-14-12-20(13-15-21)18-24(29)27-19(2)22-10-6-7-11-23(22)28-16-8-9-17-28/h6-7,10-15,19H,5,8-9,16-18H2,1-4H3,(H,27,29). The summed E-state index contributed by atoms with van der Waals surface area (Å²) < 4.78 is 10.8. The average Bonchev–Trinajstić information content (AvgIpc) is 3.30. The molecule has 1 N–H and O–H groups in total. The van der Waals surface area contributed by atoms with Crippen LogP contribution in [0.15, 0.2) is 48.5 Å². The van der Waals surface area contributed by atoms with Crippen LogP contribution in [0.25, 0.3) is 0 Å². The minimum Gasteiger partial charge on any atom is -0.476 e. The molecule has 2 aromatic carbocycles. The predicted molar refractivity (Wildman–Crippen MR) is 126 cm³/mol. The fraction of sp³-hybridized carbons (Fsp3) is 0.462. The summed E-state index contributed by atoms with van der Waals surface area (Å²) >= 11 is 0. The zero-order valence-corrected chi connectivity index (χ0v) is 19.5. The first-order chi connectivity index (χ1) is 15.3. The number of benzene rings is 2. The molecule has 1 aliphatic rings. The van der Waals surface area contributed by atoms with Crippen LogP contribution in [0, 0.1) is 0 Å². The van der Waals surface area contributed by atoms with Gasteiger partial charge in [0.15, 0.2) is 5.60 Å². The second-order valence-corrected chi connectivity index (χ2v) is 8.70. The fourth-order valence-electron chi connectivity index (χ4n) is 3.97. The highest BCUT2D eigenvalue weighted by atomic mass is 16.6. The summed E-state index contributed by atoms with van der Waals surface area (Å²) in [5.74, 6) is 0.112. The number of nitrogens with one attached hydrogen (secondary N) is 1. The summed E-state index contributed by atoms with van der Waals surface area (Å²) in [6, 6.07) is 15.5. The van der Waals surface area contributed by atoms with Gasteiger partial charge in [-0.2, -0.15) is 0 Å². The number of ether oxygens (including phenoxy) is 2. The zero-order chi connectivity index (χ0) is 23.1. The summed E-state index contributed by atoms with van der Waals surface area (Å²) in [4.78, 5) is 27.1. The van der Waals surface area contributed by atoms with Crippen molar-refractivity contribution in [1.29, 1.82) is 0 Å². The highest BCUT2D eigenvalue weighted by Crippen LogP contribution is 2.29. The first-order valence-corrected chi connectivity index (χ1v) is 11.4. The van der Waals surface area contributed by atoms with Gasteiger partial charge < -0.3 is 19.7 Å². The number of rotatable bonds is 9. The predicted octanol–water partition coefficient (Wildman–Crippen LogP) is 4.43. The Hall–Kier alpha value is -3.02. The van der Waals surface area contributed by atoms with E-state index in [0.717, 1.165) is 24.2 Å². The fourth-order valence-corrected chi connectivity index (χ4v) is 3.97. The van der Waals surface area contributed by atoms with Gasteiger partial charge in [0.2, 0.25) is 5.91 Å². The molecule has 1 aliphatic heterocycles. The van der Waals surface area contributed by atoms with Gasteiger partial charge in [0, 0.05) is 18.8 Å². The number of hydrogen-bond acceptors (Lipinski definition) is 5. The zero-order valence-electron chi connectivity index (χ0n) is 19.5. The monoisotopic (exact) mass is 438 g/mol. The molecule has 6 nitrogen and oxygen atoms in total. The number of hydrogen-bond donors (Lipinski definition) is 1. The number of amides is 1. The summed E-state index contributed by atoms with van der Waals surface area (Å²) in [5.41, 5.74) is 2.16. The largest absolute Gasteiger partial charge is 0.476 e. The first kappa shape index (κ1) is 23.6. The van der Waals surface area contributed by atoms with E-state index in [1.807, 2.05) is 25.1 Å². The topological polar surface area (TPSA) is 67.9 Å². The Balaban J connectivity index is 1.58. The highest BCUT2D eigenvalue weighted by Gasteiger charge is 2.31. The molecule has 0 aliphatic carbocycles. The van der Waals surface area contributed by atoms with E-state index in [-0.39, 0.29) is 18.4 Å². The molecule has 0 radical (unpaired) electrons. The molecule has 172 valence electrons. The van der Waals surface area contributed by atoms with E-state index >= 15 is 0 Å². The summed E-state index contributed by atoms with van der Waals surface area (Å²) in [5, 5.41) is 3.13. The SMILES string of the molecule is CCOC(=O)C(C)(C)Oc1ccc(CC(=O)NC(C)c2ccccc2N2CCCC2)cc1. The van der Waals surface area contributed by atoms with Crippen molar-refractivity contribution in [3.8, 4) is 5.75 Å². The molecule has 1 amide bonds. The second-order valence-electron chi connectivity index (χ2n) is 8.70. The number of anilines is 1. The number of nitrogens with zero attached hydrogens (tertiary/aromatic N) is 1. The molecule has 3 rings (SSSR count). The van der Waals surface area contributed by atoms with Gasteiger partial charge in [0.1, 0.15) is 5.75 Å². The van der Waals surface area contributed by atoms with Crippen molar-refractivity contribution in [2.75, 3.05) is 24.6 Å². The minimum atomic E-state index is -1.08.